The van der Waals surface area contributed by atoms with E-state index < -0.39 is 23.7 Å². The molecule has 2 aromatic rings. The molecule has 8 heteroatoms. The highest BCUT2D eigenvalue weighted by molar-refractivity contribution is 7.98. The van der Waals surface area contributed by atoms with E-state index in [1.165, 1.54) is 0 Å². The minimum absolute atomic E-state index is 0.0123. The highest BCUT2D eigenvalue weighted by Crippen LogP contribution is 2.61. The van der Waals surface area contributed by atoms with E-state index in [1.807, 2.05) is 67.8 Å². The molecule has 0 radical (unpaired) electrons. The van der Waals surface area contributed by atoms with Gasteiger partial charge in [-0.05, 0) is 73.0 Å². The first kappa shape index (κ1) is 28.5. The molecule has 0 saturated heterocycles. The molecule has 2 amide bonds. The summed E-state index contributed by atoms with van der Waals surface area (Å²) in [5, 5.41) is 27.5. The largest absolute Gasteiger partial charge is 0.445 e. The number of amides is 2. The van der Waals surface area contributed by atoms with E-state index in [4.69, 9.17) is 4.74 Å². The molecule has 6 atom stereocenters. The van der Waals surface area contributed by atoms with E-state index in [9.17, 15) is 19.8 Å². The number of aliphatic hydroxyl groups is 2. The van der Waals surface area contributed by atoms with Crippen LogP contribution in [0.25, 0.3) is 0 Å². The average molecular weight is 541 g/mol. The molecule has 0 aliphatic heterocycles. The number of nitrogens with one attached hydrogen (secondary N) is 2. The van der Waals surface area contributed by atoms with E-state index in [-0.39, 0.29) is 36.2 Å². The van der Waals surface area contributed by atoms with Gasteiger partial charge < -0.3 is 20.3 Å². The van der Waals surface area contributed by atoms with E-state index in [2.05, 4.69) is 17.6 Å². The van der Waals surface area contributed by atoms with Crippen molar-refractivity contribution in [1.29, 1.82) is 0 Å². The molecule has 2 saturated carbocycles. The van der Waals surface area contributed by atoms with Crippen LogP contribution in [0.2, 0.25) is 0 Å². The zero-order valence-electron chi connectivity index (χ0n) is 22.5. The maximum absolute atomic E-state index is 13.0. The van der Waals surface area contributed by atoms with Gasteiger partial charge in [0, 0.05) is 29.0 Å². The molecule has 7 nitrogen and oxygen atoms in total. The van der Waals surface area contributed by atoms with Gasteiger partial charge >= 0.3 is 6.09 Å². The Bertz CT molecular complexity index is 1110. The van der Waals surface area contributed by atoms with Crippen LogP contribution in [0.5, 0.6) is 0 Å². The first-order chi connectivity index (χ1) is 18.2. The van der Waals surface area contributed by atoms with Crippen LogP contribution in [-0.2, 0) is 16.1 Å². The van der Waals surface area contributed by atoms with Crippen molar-refractivity contribution in [1.82, 2.24) is 5.32 Å². The number of anilines is 1. The van der Waals surface area contributed by atoms with Gasteiger partial charge in [0.25, 0.3) is 0 Å². The quantitative estimate of drug-likeness (QED) is 0.342. The van der Waals surface area contributed by atoms with Crippen LogP contribution in [0.15, 0.2) is 59.5 Å². The Labute approximate surface area is 229 Å². The monoisotopic (exact) mass is 540 g/mol. The minimum Gasteiger partial charge on any atom is -0.445 e. The summed E-state index contributed by atoms with van der Waals surface area (Å²) < 4.78 is 5.94. The standard InChI is InChI=1S/C30H40N2O5S/c1-29-15-14-26(37-28(36)32-21-10-7-11-22(16-21)38-3)30(2,19-33)25(29)13-12-24(34)23(29)17-27(35)31-18-20-8-5-4-6-9-20/h4-11,16,23-26,33-34H,12-15,17-19H2,1-3H3,(H,31,35)(H,32,36)/t23-,24-,25+,26-,29+,30+/m1/s1. The number of aliphatic hydroxyl groups excluding tert-OH is 2. The van der Waals surface area contributed by atoms with Gasteiger partial charge in [0.1, 0.15) is 6.10 Å². The highest BCUT2D eigenvalue weighted by atomic mass is 32.2. The molecule has 2 aromatic carbocycles. The molecule has 4 rings (SSSR count). The summed E-state index contributed by atoms with van der Waals surface area (Å²) >= 11 is 1.59. The predicted molar refractivity (Wildman–Crippen MR) is 150 cm³/mol. The van der Waals surface area contributed by atoms with Crippen LogP contribution >= 0.6 is 11.8 Å². The third-order valence-corrected chi connectivity index (χ3v) is 9.70. The fraction of sp³-hybridized carbons (Fsp3) is 0.533. The van der Waals surface area contributed by atoms with Gasteiger partial charge in [-0.25, -0.2) is 4.79 Å². The Hall–Kier alpha value is -2.55. The van der Waals surface area contributed by atoms with Gasteiger partial charge in [-0.15, -0.1) is 11.8 Å². The molecule has 0 bridgehead atoms. The van der Waals surface area contributed by atoms with Crippen molar-refractivity contribution in [2.75, 3.05) is 18.2 Å². The number of rotatable bonds is 8. The Morgan fingerprint density at radius 3 is 2.55 bits per heavy atom. The number of hydrogen-bond donors (Lipinski definition) is 4. The second-order valence-corrected chi connectivity index (χ2v) is 12.1. The minimum atomic E-state index is -0.690. The summed E-state index contributed by atoms with van der Waals surface area (Å²) in [5.41, 5.74) is 0.626. The van der Waals surface area contributed by atoms with Gasteiger partial charge in [-0.3, -0.25) is 10.1 Å². The summed E-state index contributed by atoms with van der Waals surface area (Å²) in [5.74, 6) is -0.343. The van der Waals surface area contributed by atoms with Crippen molar-refractivity contribution in [3.63, 3.8) is 0 Å². The molecule has 206 valence electrons. The topological polar surface area (TPSA) is 108 Å². The van der Waals surface area contributed by atoms with Crippen LogP contribution in [-0.4, -0.2) is 47.3 Å². The molecule has 4 N–H and O–H groups in total. The fourth-order valence-electron chi connectivity index (χ4n) is 6.83. The van der Waals surface area contributed by atoms with Crippen molar-refractivity contribution in [3.05, 3.63) is 60.2 Å². The molecule has 0 spiro atoms. The number of benzene rings is 2. The normalized spacial score (nSPS) is 30.7. The zero-order valence-corrected chi connectivity index (χ0v) is 23.3. The van der Waals surface area contributed by atoms with Crippen molar-refractivity contribution >= 4 is 29.4 Å². The van der Waals surface area contributed by atoms with Gasteiger partial charge in [0.2, 0.25) is 5.91 Å². The molecule has 0 heterocycles. The number of ether oxygens (including phenoxy) is 1. The Kier molecular flexibility index (Phi) is 9.06. The zero-order chi connectivity index (χ0) is 27.3. The van der Waals surface area contributed by atoms with Crippen LogP contribution in [0, 0.1) is 22.7 Å². The summed E-state index contributed by atoms with van der Waals surface area (Å²) in [4.78, 5) is 26.9. The Balaban J connectivity index is 1.45. The van der Waals surface area contributed by atoms with E-state index in [1.54, 1.807) is 11.8 Å². The lowest BCUT2D eigenvalue weighted by atomic mass is 9.46. The number of carbonyl (C=O) groups is 2. The van der Waals surface area contributed by atoms with Gasteiger partial charge in [0.15, 0.2) is 0 Å². The van der Waals surface area contributed by atoms with E-state index in [0.717, 1.165) is 10.5 Å². The number of fused-ring (bicyclic) bond motifs is 1. The number of hydrogen-bond acceptors (Lipinski definition) is 6. The van der Waals surface area contributed by atoms with Crippen molar-refractivity contribution in [2.45, 2.75) is 69.6 Å². The smallest absolute Gasteiger partial charge is 0.411 e. The van der Waals surface area contributed by atoms with E-state index >= 15 is 0 Å². The third-order valence-electron chi connectivity index (χ3n) is 8.98. The molecule has 38 heavy (non-hydrogen) atoms. The second-order valence-electron chi connectivity index (χ2n) is 11.2. The molecule has 0 unspecified atom stereocenters. The summed E-state index contributed by atoms with van der Waals surface area (Å²) in [6, 6.07) is 17.3. The van der Waals surface area contributed by atoms with Crippen LogP contribution < -0.4 is 10.6 Å². The molecular formula is C30H40N2O5S. The number of thioether (sulfide) groups is 1. The molecular weight excluding hydrogens is 500 g/mol. The number of carbonyl (C=O) groups excluding carboxylic acids is 2. The predicted octanol–water partition coefficient (Wildman–Crippen LogP) is 5.22. The maximum Gasteiger partial charge on any atom is 0.411 e. The first-order valence-corrected chi connectivity index (χ1v) is 14.6. The van der Waals surface area contributed by atoms with Gasteiger partial charge in [-0.1, -0.05) is 50.2 Å². The molecule has 2 aliphatic rings. The SMILES string of the molecule is CSc1cccc(NC(=O)O[C@@H]2CC[C@]3(C)[C@H](CC[C@@H](O)[C@H]3CC(=O)NCc3ccccc3)[C@]2(C)CO)c1. The Morgan fingerprint density at radius 2 is 1.84 bits per heavy atom. The second kappa shape index (κ2) is 12.1. The van der Waals surface area contributed by atoms with Gasteiger partial charge in [0.05, 0.1) is 12.7 Å². The highest BCUT2D eigenvalue weighted by Gasteiger charge is 2.60. The molecule has 2 fully saturated rings. The van der Waals surface area contributed by atoms with Crippen LogP contribution in [0.3, 0.4) is 0 Å². The summed E-state index contributed by atoms with van der Waals surface area (Å²) in [7, 11) is 0. The lowest BCUT2D eigenvalue weighted by molar-refractivity contribution is -0.185. The van der Waals surface area contributed by atoms with E-state index in [0.29, 0.717) is 37.9 Å². The first-order valence-electron chi connectivity index (χ1n) is 13.4. The van der Waals surface area contributed by atoms with Crippen LogP contribution in [0.1, 0.15) is 51.5 Å². The summed E-state index contributed by atoms with van der Waals surface area (Å²) in [6.07, 6.45) is 3.09. The summed E-state index contributed by atoms with van der Waals surface area (Å²) in [6.45, 7) is 4.41. The average Bonchev–Trinajstić information content (AvgIpc) is 2.92. The third kappa shape index (κ3) is 6.03. The lowest BCUT2D eigenvalue weighted by Crippen LogP contribution is -2.61. The van der Waals surface area contributed by atoms with Crippen LogP contribution in [0.4, 0.5) is 10.5 Å². The Morgan fingerprint density at radius 1 is 1.08 bits per heavy atom. The van der Waals surface area contributed by atoms with Crippen molar-refractivity contribution in [3.8, 4) is 0 Å². The fourth-order valence-corrected chi connectivity index (χ4v) is 7.29. The molecule has 2 aliphatic carbocycles. The van der Waals surface area contributed by atoms with Crippen molar-refractivity contribution in [2.24, 2.45) is 22.7 Å². The van der Waals surface area contributed by atoms with Crippen molar-refractivity contribution < 1.29 is 24.5 Å². The van der Waals surface area contributed by atoms with Gasteiger partial charge in [-0.2, -0.15) is 0 Å². The lowest BCUT2D eigenvalue weighted by Gasteiger charge is -2.60. The maximum atomic E-state index is 13.0. The molecule has 0 aromatic heterocycles.